The number of aryl methyl sites for hydroxylation is 2. The van der Waals surface area contributed by atoms with E-state index in [0.717, 1.165) is 31.9 Å². The first-order chi connectivity index (χ1) is 10.7. The van der Waals surface area contributed by atoms with Crippen LogP contribution >= 0.6 is 0 Å². The van der Waals surface area contributed by atoms with Gasteiger partial charge in [-0.25, -0.2) is 4.99 Å². The van der Waals surface area contributed by atoms with Gasteiger partial charge in [-0.15, -0.1) is 0 Å². The van der Waals surface area contributed by atoms with E-state index in [0.29, 0.717) is 0 Å². The van der Waals surface area contributed by atoms with Crippen molar-refractivity contribution in [3.8, 4) is 0 Å². The number of nitrogens with zero attached hydrogens (tertiary/aromatic N) is 2. The lowest BCUT2D eigenvalue weighted by Crippen LogP contribution is -2.14. The van der Waals surface area contributed by atoms with Gasteiger partial charge in [-0.2, -0.15) is 0 Å². The molecule has 0 saturated heterocycles. The Bertz CT molecular complexity index is 496. The second-order valence-electron chi connectivity index (χ2n) is 6.25. The summed E-state index contributed by atoms with van der Waals surface area (Å²) in [5.74, 6) is 0. The number of aliphatic imine (C=N–C) groups is 1. The van der Waals surface area contributed by atoms with Gasteiger partial charge in [-0.05, 0) is 62.3 Å². The third-order valence-electron chi connectivity index (χ3n) is 4.41. The van der Waals surface area contributed by atoms with Crippen molar-refractivity contribution in [2.45, 2.75) is 52.4 Å². The summed E-state index contributed by atoms with van der Waals surface area (Å²) in [6.45, 7) is 7.01. The molecular weight excluding hydrogens is 272 g/mol. The molecular formula is C19H30N2O. The lowest BCUT2D eigenvalue weighted by Gasteiger charge is -2.14. The molecule has 0 bridgehead atoms. The first-order valence-electron chi connectivity index (χ1n) is 8.65. The molecule has 0 spiro atoms. The fourth-order valence-electron chi connectivity index (χ4n) is 2.80. The fraction of sp³-hybridized carbons (Fsp3) is 0.632. The van der Waals surface area contributed by atoms with Crippen molar-refractivity contribution in [2.24, 2.45) is 4.99 Å². The predicted molar refractivity (Wildman–Crippen MR) is 94.3 cm³/mol. The van der Waals surface area contributed by atoms with Crippen LogP contribution in [-0.2, 0) is 17.6 Å². The maximum Gasteiger partial charge on any atom is 0.0909 e. The van der Waals surface area contributed by atoms with Crippen molar-refractivity contribution >= 4 is 12.0 Å². The van der Waals surface area contributed by atoms with Crippen LogP contribution in [0.2, 0.25) is 0 Å². The molecule has 0 amide bonds. The van der Waals surface area contributed by atoms with Gasteiger partial charge >= 0.3 is 0 Å². The Labute approximate surface area is 135 Å². The minimum Gasteiger partial charge on any atom is -0.381 e. The first kappa shape index (κ1) is 17.0. The summed E-state index contributed by atoms with van der Waals surface area (Å²) >= 11 is 0. The molecule has 2 rings (SSSR count). The number of hydrogen-bond acceptors (Lipinski definition) is 2. The standard InChI is InChI=1S/C19H30N2O/c1-4-21(3)15-20-19-14-18-10-12-22-11-8-6-5-7-9-17(18)13-16(19)2/h13-15H,4-12H2,1-3H3/b20-15+. The van der Waals surface area contributed by atoms with Gasteiger partial charge in [-0.3, -0.25) is 0 Å². The Morgan fingerprint density at radius 2 is 1.86 bits per heavy atom. The van der Waals surface area contributed by atoms with Crippen molar-refractivity contribution in [1.29, 1.82) is 0 Å². The van der Waals surface area contributed by atoms with Crippen molar-refractivity contribution in [2.75, 3.05) is 26.8 Å². The largest absolute Gasteiger partial charge is 0.381 e. The van der Waals surface area contributed by atoms with Gasteiger partial charge in [0.05, 0.1) is 18.6 Å². The van der Waals surface area contributed by atoms with Crippen LogP contribution in [0, 0.1) is 6.92 Å². The van der Waals surface area contributed by atoms with Crippen LogP contribution in [-0.4, -0.2) is 38.0 Å². The monoisotopic (exact) mass is 302 g/mol. The molecule has 0 unspecified atom stereocenters. The van der Waals surface area contributed by atoms with E-state index in [2.05, 4.69) is 42.9 Å². The lowest BCUT2D eigenvalue weighted by molar-refractivity contribution is 0.133. The van der Waals surface area contributed by atoms with Crippen LogP contribution in [0.4, 0.5) is 5.69 Å². The van der Waals surface area contributed by atoms with Crippen LogP contribution in [0.25, 0.3) is 0 Å². The van der Waals surface area contributed by atoms with E-state index in [1.165, 1.54) is 48.8 Å². The number of benzene rings is 1. The summed E-state index contributed by atoms with van der Waals surface area (Å²) in [7, 11) is 2.05. The number of ether oxygens (including phenoxy) is 1. The lowest BCUT2D eigenvalue weighted by atomic mass is 9.96. The van der Waals surface area contributed by atoms with E-state index in [1.807, 2.05) is 6.34 Å². The average molecular weight is 302 g/mol. The molecule has 22 heavy (non-hydrogen) atoms. The number of rotatable bonds is 3. The molecule has 1 heterocycles. The van der Waals surface area contributed by atoms with E-state index in [1.54, 1.807) is 0 Å². The van der Waals surface area contributed by atoms with Crippen LogP contribution in [0.15, 0.2) is 17.1 Å². The minimum atomic E-state index is 0.827. The van der Waals surface area contributed by atoms with Gasteiger partial charge in [0.2, 0.25) is 0 Å². The van der Waals surface area contributed by atoms with Gasteiger partial charge < -0.3 is 9.64 Å². The van der Waals surface area contributed by atoms with Gasteiger partial charge in [0.15, 0.2) is 0 Å². The molecule has 1 aromatic carbocycles. The first-order valence-corrected chi connectivity index (χ1v) is 8.65. The highest BCUT2D eigenvalue weighted by Gasteiger charge is 2.09. The molecule has 0 saturated carbocycles. The molecule has 0 aliphatic carbocycles. The van der Waals surface area contributed by atoms with Crippen LogP contribution in [0.1, 0.15) is 49.3 Å². The van der Waals surface area contributed by atoms with Crippen molar-refractivity contribution in [3.05, 3.63) is 28.8 Å². The minimum absolute atomic E-state index is 0.827. The van der Waals surface area contributed by atoms with Gasteiger partial charge in [0.25, 0.3) is 0 Å². The second-order valence-corrected chi connectivity index (χ2v) is 6.25. The molecule has 3 nitrogen and oxygen atoms in total. The van der Waals surface area contributed by atoms with Crippen LogP contribution < -0.4 is 0 Å². The summed E-state index contributed by atoms with van der Waals surface area (Å²) < 4.78 is 5.76. The van der Waals surface area contributed by atoms with Crippen LogP contribution in [0.5, 0.6) is 0 Å². The summed E-state index contributed by atoms with van der Waals surface area (Å²) in [6, 6.07) is 4.61. The van der Waals surface area contributed by atoms with Crippen molar-refractivity contribution in [3.63, 3.8) is 0 Å². The quantitative estimate of drug-likeness (QED) is 0.615. The SMILES string of the molecule is CCN(C)/C=N/c1cc2c(cc1C)CCCCCCOCC2. The van der Waals surface area contributed by atoms with E-state index >= 15 is 0 Å². The second kappa shape index (κ2) is 8.94. The Kier molecular flexibility index (Phi) is 6.91. The molecule has 0 atom stereocenters. The van der Waals surface area contributed by atoms with Gasteiger partial charge in [-0.1, -0.05) is 18.9 Å². The highest BCUT2D eigenvalue weighted by atomic mass is 16.5. The zero-order chi connectivity index (χ0) is 15.8. The van der Waals surface area contributed by atoms with Crippen molar-refractivity contribution < 1.29 is 4.74 Å². The maximum absolute atomic E-state index is 5.76. The highest BCUT2D eigenvalue weighted by Crippen LogP contribution is 2.26. The van der Waals surface area contributed by atoms with E-state index in [9.17, 15) is 0 Å². The molecule has 0 radical (unpaired) electrons. The molecule has 0 fully saturated rings. The van der Waals surface area contributed by atoms with Crippen LogP contribution in [0.3, 0.4) is 0 Å². The smallest absolute Gasteiger partial charge is 0.0909 e. The highest BCUT2D eigenvalue weighted by molar-refractivity contribution is 5.64. The molecule has 0 aromatic heterocycles. The number of hydrogen-bond donors (Lipinski definition) is 0. The normalized spacial score (nSPS) is 17.0. The Morgan fingerprint density at radius 3 is 2.68 bits per heavy atom. The Morgan fingerprint density at radius 1 is 1.09 bits per heavy atom. The van der Waals surface area contributed by atoms with E-state index < -0.39 is 0 Å². The van der Waals surface area contributed by atoms with Crippen molar-refractivity contribution in [1.82, 2.24) is 4.90 Å². The zero-order valence-electron chi connectivity index (χ0n) is 14.4. The van der Waals surface area contributed by atoms with E-state index in [-0.39, 0.29) is 0 Å². The maximum atomic E-state index is 5.76. The molecule has 1 aliphatic heterocycles. The third kappa shape index (κ3) is 5.13. The summed E-state index contributed by atoms with van der Waals surface area (Å²) in [4.78, 5) is 6.76. The Balaban J connectivity index is 2.20. The third-order valence-corrected chi connectivity index (χ3v) is 4.41. The predicted octanol–water partition coefficient (Wildman–Crippen LogP) is 4.28. The molecule has 0 N–H and O–H groups in total. The van der Waals surface area contributed by atoms with Gasteiger partial charge in [0, 0.05) is 20.2 Å². The number of fused-ring (bicyclic) bond motifs is 1. The molecule has 1 aromatic rings. The zero-order valence-corrected chi connectivity index (χ0v) is 14.4. The van der Waals surface area contributed by atoms with Gasteiger partial charge in [0.1, 0.15) is 0 Å². The molecule has 122 valence electrons. The summed E-state index contributed by atoms with van der Waals surface area (Å²) in [6.07, 6.45) is 9.21. The molecule has 1 aliphatic rings. The molecule has 3 heteroatoms. The van der Waals surface area contributed by atoms with E-state index in [4.69, 9.17) is 4.74 Å². The average Bonchev–Trinajstić information content (AvgIpc) is 2.57. The fourth-order valence-corrected chi connectivity index (χ4v) is 2.80. The Hall–Kier alpha value is -1.35. The summed E-state index contributed by atoms with van der Waals surface area (Å²) in [5, 5.41) is 0. The topological polar surface area (TPSA) is 24.8 Å². The summed E-state index contributed by atoms with van der Waals surface area (Å²) in [5.41, 5.74) is 5.27.